The summed E-state index contributed by atoms with van der Waals surface area (Å²) in [5.41, 5.74) is 0.302. The van der Waals surface area contributed by atoms with E-state index in [1.54, 1.807) is 30.3 Å². The number of hydrogen-bond acceptors (Lipinski definition) is 4. The highest BCUT2D eigenvalue weighted by Crippen LogP contribution is 2.20. The summed E-state index contributed by atoms with van der Waals surface area (Å²) in [7, 11) is 0. The Bertz CT molecular complexity index is 554. The molecule has 0 aromatic heterocycles. The molecule has 0 aliphatic heterocycles. The molecule has 0 unspecified atom stereocenters. The molecule has 5 nitrogen and oxygen atoms in total. The highest BCUT2D eigenvalue weighted by atomic mass is 32.2. The van der Waals surface area contributed by atoms with Crippen LogP contribution in [0.25, 0.3) is 0 Å². The minimum absolute atomic E-state index is 0.302. The lowest BCUT2D eigenvalue weighted by Crippen LogP contribution is -2.33. The number of rotatable bonds is 17. The third-order valence-electron chi connectivity index (χ3n) is 5.06. The van der Waals surface area contributed by atoms with Gasteiger partial charge in [0.05, 0.1) is 0 Å². The number of hydrogen-bond donors (Lipinski definition) is 0. The van der Waals surface area contributed by atoms with Crippen LogP contribution in [0.2, 0.25) is 0 Å². The Kier molecular flexibility index (Phi) is 15.2. The largest absolute Gasteiger partial charge is 0.346 e. The lowest BCUT2D eigenvalue weighted by Gasteiger charge is -2.11. The Morgan fingerprint density at radius 3 is 1.72 bits per heavy atom. The lowest BCUT2D eigenvalue weighted by molar-refractivity contribution is -0.480. The molecular formula is C23H38N2O3S. The van der Waals surface area contributed by atoms with Gasteiger partial charge in [0.2, 0.25) is 0 Å². The van der Waals surface area contributed by atoms with Crippen molar-refractivity contribution in [3.8, 4) is 0 Å². The fourth-order valence-electron chi connectivity index (χ4n) is 3.35. The van der Waals surface area contributed by atoms with Gasteiger partial charge in [0.15, 0.2) is 5.03 Å². The maximum absolute atomic E-state index is 12.2. The lowest BCUT2D eigenvalue weighted by atomic mass is 10.0. The molecule has 6 heteroatoms. The van der Waals surface area contributed by atoms with E-state index in [0.29, 0.717) is 16.4 Å². The molecular weight excluding hydrogens is 384 g/mol. The summed E-state index contributed by atoms with van der Waals surface area (Å²) in [6.07, 6.45) is 18.1. The summed E-state index contributed by atoms with van der Waals surface area (Å²) >= 11 is 1.04. The molecule has 0 heterocycles. The number of para-hydroxylation sites is 1. The molecule has 0 atom stereocenters. The van der Waals surface area contributed by atoms with E-state index < -0.39 is 10.3 Å². The second-order valence-electron chi connectivity index (χ2n) is 7.60. The van der Waals surface area contributed by atoms with Gasteiger partial charge in [-0.1, -0.05) is 120 Å². The Labute approximate surface area is 180 Å². The van der Waals surface area contributed by atoms with E-state index in [1.807, 2.05) is 0 Å². The van der Waals surface area contributed by atoms with Gasteiger partial charge in [-0.2, -0.15) is 0 Å². The van der Waals surface area contributed by atoms with E-state index in [9.17, 15) is 14.9 Å². The number of benzene rings is 1. The van der Waals surface area contributed by atoms with Crippen molar-refractivity contribution in [3.63, 3.8) is 0 Å². The van der Waals surface area contributed by atoms with E-state index in [4.69, 9.17) is 0 Å². The molecule has 1 aromatic carbocycles. The first-order valence-corrected chi connectivity index (χ1v) is 12.3. The van der Waals surface area contributed by atoms with Crippen molar-refractivity contribution in [1.82, 2.24) is 0 Å². The number of thioether (sulfide) groups is 1. The second-order valence-corrected chi connectivity index (χ2v) is 8.64. The number of carbonyl (C=O) groups excluding carboxylic acids is 1. The van der Waals surface area contributed by atoms with Crippen molar-refractivity contribution in [2.24, 2.45) is 0 Å². The summed E-state index contributed by atoms with van der Waals surface area (Å²) in [5.74, 6) is 0.633. The van der Waals surface area contributed by atoms with E-state index >= 15 is 0 Å². The first-order chi connectivity index (χ1) is 14.2. The number of carbonyl (C=O) groups is 1. The monoisotopic (exact) mass is 422 g/mol. The van der Waals surface area contributed by atoms with Gasteiger partial charge in [0.1, 0.15) is 5.69 Å². The van der Waals surface area contributed by atoms with Crippen LogP contribution < -0.4 is 5.01 Å². The number of nitro groups is 1. The first kappa shape index (κ1) is 25.5. The summed E-state index contributed by atoms with van der Waals surface area (Å²) in [6.45, 7) is 2.26. The average molecular weight is 423 g/mol. The molecule has 0 bridgehead atoms. The Balaban J connectivity index is 1.97. The van der Waals surface area contributed by atoms with Crippen LogP contribution in [0.1, 0.15) is 96.8 Å². The predicted molar refractivity (Wildman–Crippen MR) is 124 cm³/mol. The van der Waals surface area contributed by atoms with Crippen LogP contribution in [0.5, 0.6) is 0 Å². The van der Waals surface area contributed by atoms with Crippen LogP contribution in [0.15, 0.2) is 30.3 Å². The average Bonchev–Trinajstić information content (AvgIpc) is 2.71. The highest BCUT2D eigenvalue weighted by Gasteiger charge is 2.26. The van der Waals surface area contributed by atoms with Crippen molar-refractivity contribution >= 4 is 22.7 Å². The van der Waals surface area contributed by atoms with Gasteiger partial charge in [-0.05, 0) is 23.6 Å². The Morgan fingerprint density at radius 2 is 1.28 bits per heavy atom. The van der Waals surface area contributed by atoms with Crippen LogP contribution in [0.3, 0.4) is 0 Å². The van der Waals surface area contributed by atoms with Gasteiger partial charge >= 0.3 is 5.24 Å². The number of amides is 1. The van der Waals surface area contributed by atoms with Gasteiger partial charge < -0.3 is 0 Å². The highest BCUT2D eigenvalue weighted by molar-refractivity contribution is 8.13. The van der Waals surface area contributed by atoms with Crippen molar-refractivity contribution in [2.75, 3.05) is 10.8 Å². The van der Waals surface area contributed by atoms with Gasteiger partial charge in [0, 0.05) is 5.75 Å². The van der Waals surface area contributed by atoms with E-state index in [-0.39, 0.29) is 0 Å². The van der Waals surface area contributed by atoms with Crippen molar-refractivity contribution in [2.45, 2.75) is 96.8 Å². The minimum atomic E-state index is -0.643. The summed E-state index contributed by atoms with van der Waals surface area (Å²) in [5, 5.41) is 10.7. The Morgan fingerprint density at radius 1 is 0.828 bits per heavy atom. The quantitative estimate of drug-likeness (QED) is 0.145. The smallest absolute Gasteiger partial charge is 0.255 e. The molecule has 1 amide bonds. The van der Waals surface area contributed by atoms with Gasteiger partial charge in [-0.15, -0.1) is 0 Å². The molecule has 1 aromatic rings. The maximum atomic E-state index is 12.2. The van der Waals surface area contributed by atoms with Crippen LogP contribution in [-0.4, -0.2) is 16.0 Å². The van der Waals surface area contributed by atoms with Crippen LogP contribution in [0, 0.1) is 10.1 Å². The van der Waals surface area contributed by atoms with E-state index in [2.05, 4.69) is 6.92 Å². The molecule has 29 heavy (non-hydrogen) atoms. The van der Waals surface area contributed by atoms with Crippen molar-refractivity contribution in [3.05, 3.63) is 40.4 Å². The molecule has 0 aliphatic rings. The number of unbranched alkanes of at least 4 members (excludes halogenated alkanes) is 13. The zero-order valence-corrected chi connectivity index (χ0v) is 18.8. The molecule has 1 rings (SSSR count). The number of hydrazine groups is 1. The minimum Gasteiger partial charge on any atom is -0.255 e. The topological polar surface area (TPSA) is 63.5 Å². The third-order valence-corrected chi connectivity index (χ3v) is 5.97. The predicted octanol–water partition coefficient (Wildman–Crippen LogP) is 8.02. The van der Waals surface area contributed by atoms with Crippen LogP contribution >= 0.6 is 11.8 Å². The SMILES string of the molecule is CCCCCCCCCCCCCCCCSC(=O)N(c1ccccc1)[N+](=O)[O-]. The molecule has 0 fully saturated rings. The maximum Gasteiger partial charge on any atom is 0.346 e. The summed E-state index contributed by atoms with van der Waals surface area (Å²) < 4.78 is 0. The molecule has 0 saturated carbocycles. The fourth-order valence-corrected chi connectivity index (χ4v) is 4.17. The van der Waals surface area contributed by atoms with Gasteiger partial charge in [-0.25, -0.2) is 10.1 Å². The molecule has 164 valence electrons. The third kappa shape index (κ3) is 12.6. The zero-order valence-electron chi connectivity index (χ0n) is 18.0. The zero-order chi connectivity index (χ0) is 21.2. The standard InChI is InChI=1S/C23H38N2O3S/c1-2-3-4-5-6-7-8-9-10-11-12-13-14-18-21-29-23(26)24(25(27)28)22-19-16-15-17-20-22/h15-17,19-20H,2-14,18,21H2,1H3. The normalized spacial score (nSPS) is 10.8. The summed E-state index contributed by atoms with van der Waals surface area (Å²) in [6, 6.07) is 8.31. The molecule has 0 spiro atoms. The van der Waals surface area contributed by atoms with Crippen molar-refractivity contribution in [1.29, 1.82) is 0 Å². The summed E-state index contributed by atoms with van der Waals surface area (Å²) in [4.78, 5) is 23.4. The van der Waals surface area contributed by atoms with Gasteiger partial charge in [0.25, 0.3) is 0 Å². The Hall–Kier alpha value is -1.56. The first-order valence-electron chi connectivity index (χ1n) is 11.3. The number of anilines is 1. The van der Waals surface area contributed by atoms with Crippen LogP contribution in [-0.2, 0) is 0 Å². The molecule has 0 saturated heterocycles. The van der Waals surface area contributed by atoms with E-state index in [1.165, 1.54) is 77.0 Å². The number of nitrogens with zero attached hydrogens (tertiary/aromatic N) is 2. The second kappa shape index (κ2) is 17.3. The molecule has 0 N–H and O–H groups in total. The van der Waals surface area contributed by atoms with Crippen molar-refractivity contribution < 1.29 is 9.83 Å². The fraction of sp³-hybridized carbons (Fsp3) is 0.696. The molecule has 0 aliphatic carbocycles. The molecule has 0 radical (unpaired) electrons. The van der Waals surface area contributed by atoms with Gasteiger partial charge in [-0.3, -0.25) is 4.79 Å². The van der Waals surface area contributed by atoms with Crippen LogP contribution in [0.4, 0.5) is 10.5 Å². The van der Waals surface area contributed by atoms with E-state index in [0.717, 1.165) is 24.6 Å².